The van der Waals surface area contributed by atoms with Crippen LogP contribution in [0, 0.1) is 0 Å². The molecular formula is C30H22O6S. The van der Waals surface area contributed by atoms with Gasteiger partial charge in [0, 0.05) is 12.2 Å². The van der Waals surface area contributed by atoms with E-state index in [-0.39, 0.29) is 21.3 Å². The minimum Gasteiger partial charge on any atom is -0.423 e. The van der Waals surface area contributed by atoms with Gasteiger partial charge in [-0.2, -0.15) is 0 Å². The highest BCUT2D eigenvalue weighted by atomic mass is 32.2. The number of benzene rings is 4. The highest BCUT2D eigenvalue weighted by molar-refractivity contribution is 7.91. The molecule has 0 saturated heterocycles. The lowest BCUT2D eigenvalue weighted by Crippen LogP contribution is -2.06. The summed E-state index contributed by atoms with van der Waals surface area (Å²) in [6.45, 7) is 0. The molecular weight excluding hydrogens is 488 g/mol. The van der Waals surface area contributed by atoms with Crippen LogP contribution in [0.5, 0.6) is 11.5 Å². The molecule has 4 aromatic carbocycles. The minimum atomic E-state index is -3.83. The maximum Gasteiger partial charge on any atom is 0.336 e. The van der Waals surface area contributed by atoms with Gasteiger partial charge in [0.25, 0.3) is 0 Å². The van der Waals surface area contributed by atoms with Crippen LogP contribution in [0.4, 0.5) is 0 Å². The van der Waals surface area contributed by atoms with Crippen LogP contribution in [-0.4, -0.2) is 20.4 Å². The van der Waals surface area contributed by atoms with E-state index in [2.05, 4.69) is 0 Å². The predicted octanol–water partition coefficient (Wildman–Crippen LogP) is 5.76. The van der Waals surface area contributed by atoms with E-state index >= 15 is 0 Å². The standard InChI is InChI=1S/C30H22O6S/c31-29(21-11-23-7-3-1-4-8-23)35-25-13-17-27(18-14-25)37(33,34)28-19-15-26(16-20-28)36-30(32)22-12-24-9-5-2-6-10-24/h1-22H/b21-11+,22-12+. The second kappa shape index (κ2) is 11.8. The Kier molecular flexibility index (Phi) is 8.08. The predicted molar refractivity (Wildman–Crippen MR) is 141 cm³/mol. The van der Waals surface area contributed by atoms with Gasteiger partial charge in [-0.1, -0.05) is 60.7 Å². The summed E-state index contributed by atoms with van der Waals surface area (Å²) in [7, 11) is -3.83. The zero-order valence-electron chi connectivity index (χ0n) is 19.6. The molecule has 0 saturated carbocycles. The molecule has 4 aromatic rings. The minimum absolute atomic E-state index is 0.0302. The third-order valence-corrected chi connectivity index (χ3v) is 6.91. The topological polar surface area (TPSA) is 86.7 Å². The van der Waals surface area contributed by atoms with Crippen molar-refractivity contribution in [3.05, 3.63) is 132 Å². The molecule has 0 unspecified atom stereocenters. The fourth-order valence-electron chi connectivity index (χ4n) is 3.27. The lowest BCUT2D eigenvalue weighted by molar-refractivity contribution is -0.129. The summed E-state index contributed by atoms with van der Waals surface area (Å²) in [5.74, 6) is -0.730. The first-order valence-corrected chi connectivity index (χ1v) is 12.7. The number of hydrogen-bond acceptors (Lipinski definition) is 6. The van der Waals surface area contributed by atoms with Crippen molar-refractivity contribution < 1.29 is 27.5 Å². The Hall–Kier alpha value is -4.75. The van der Waals surface area contributed by atoms with Gasteiger partial charge in [-0.05, 0) is 71.8 Å². The first-order chi connectivity index (χ1) is 17.9. The van der Waals surface area contributed by atoms with Gasteiger partial charge in [0.05, 0.1) is 9.79 Å². The van der Waals surface area contributed by atoms with Gasteiger partial charge < -0.3 is 9.47 Å². The average Bonchev–Trinajstić information content (AvgIpc) is 2.92. The molecule has 0 bridgehead atoms. The van der Waals surface area contributed by atoms with E-state index in [1.54, 1.807) is 12.2 Å². The van der Waals surface area contributed by atoms with Crippen LogP contribution in [0.2, 0.25) is 0 Å². The Labute approximate surface area is 215 Å². The largest absolute Gasteiger partial charge is 0.423 e. The molecule has 4 rings (SSSR count). The fourth-order valence-corrected chi connectivity index (χ4v) is 4.53. The van der Waals surface area contributed by atoms with E-state index in [0.29, 0.717) is 0 Å². The first kappa shape index (κ1) is 25.3. The molecule has 0 amide bonds. The molecule has 0 heterocycles. The second-order valence-corrected chi connectivity index (χ2v) is 9.73. The first-order valence-electron chi connectivity index (χ1n) is 11.3. The van der Waals surface area contributed by atoms with Gasteiger partial charge in [0.15, 0.2) is 0 Å². The van der Waals surface area contributed by atoms with Crippen LogP contribution in [0.3, 0.4) is 0 Å². The van der Waals surface area contributed by atoms with E-state index in [9.17, 15) is 18.0 Å². The lowest BCUT2D eigenvalue weighted by atomic mass is 10.2. The van der Waals surface area contributed by atoms with E-state index in [4.69, 9.17) is 9.47 Å². The Bertz CT molecular complexity index is 1410. The van der Waals surface area contributed by atoms with Gasteiger partial charge in [0.1, 0.15) is 11.5 Å². The zero-order chi connectivity index (χ0) is 26.1. The van der Waals surface area contributed by atoms with Crippen molar-refractivity contribution in [1.29, 1.82) is 0 Å². The van der Waals surface area contributed by atoms with Crippen LogP contribution < -0.4 is 9.47 Å². The summed E-state index contributed by atoms with van der Waals surface area (Å²) in [6.07, 6.45) is 5.85. The number of sulfone groups is 1. The maximum atomic E-state index is 13.0. The molecule has 37 heavy (non-hydrogen) atoms. The molecule has 0 aliphatic heterocycles. The quantitative estimate of drug-likeness (QED) is 0.170. The molecule has 0 aromatic heterocycles. The van der Waals surface area contributed by atoms with Crippen LogP contribution in [-0.2, 0) is 19.4 Å². The summed E-state index contributed by atoms with van der Waals surface area (Å²) in [5.41, 5.74) is 1.70. The van der Waals surface area contributed by atoms with E-state index in [0.717, 1.165) is 11.1 Å². The summed E-state index contributed by atoms with van der Waals surface area (Å²) >= 11 is 0. The van der Waals surface area contributed by atoms with E-state index in [1.807, 2.05) is 60.7 Å². The van der Waals surface area contributed by atoms with Gasteiger partial charge in [-0.3, -0.25) is 0 Å². The maximum absolute atomic E-state index is 13.0. The summed E-state index contributed by atoms with van der Waals surface area (Å²) in [4.78, 5) is 24.1. The van der Waals surface area contributed by atoms with Gasteiger partial charge in [0.2, 0.25) is 9.84 Å². The van der Waals surface area contributed by atoms with Crippen molar-refractivity contribution in [3.63, 3.8) is 0 Å². The van der Waals surface area contributed by atoms with Gasteiger partial charge >= 0.3 is 11.9 Å². The Morgan fingerprint density at radius 2 is 0.865 bits per heavy atom. The number of esters is 2. The number of rotatable bonds is 8. The number of hydrogen-bond donors (Lipinski definition) is 0. The summed E-state index contributed by atoms with van der Waals surface area (Å²) < 4.78 is 36.4. The molecule has 0 fully saturated rings. The average molecular weight is 511 g/mol. The normalized spacial score (nSPS) is 11.5. The van der Waals surface area contributed by atoms with Crippen LogP contribution >= 0.6 is 0 Å². The third-order valence-electron chi connectivity index (χ3n) is 5.13. The van der Waals surface area contributed by atoms with E-state index < -0.39 is 21.8 Å². The smallest absolute Gasteiger partial charge is 0.336 e. The molecule has 0 aliphatic rings. The Balaban J connectivity index is 1.37. The molecule has 0 radical (unpaired) electrons. The summed E-state index contributed by atoms with van der Waals surface area (Å²) in [5, 5.41) is 0. The zero-order valence-corrected chi connectivity index (χ0v) is 20.4. The highest BCUT2D eigenvalue weighted by Gasteiger charge is 2.18. The Morgan fingerprint density at radius 3 is 1.22 bits per heavy atom. The lowest BCUT2D eigenvalue weighted by Gasteiger charge is -2.07. The number of carbonyl (C=O) groups is 2. The molecule has 7 heteroatoms. The Morgan fingerprint density at radius 1 is 0.514 bits per heavy atom. The van der Waals surface area contributed by atoms with E-state index in [1.165, 1.54) is 60.7 Å². The van der Waals surface area contributed by atoms with Crippen LogP contribution in [0.15, 0.2) is 131 Å². The molecule has 0 aliphatic carbocycles. The third kappa shape index (κ3) is 7.13. The summed E-state index contributed by atoms with van der Waals surface area (Å²) in [6, 6.07) is 29.7. The van der Waals surface area contributed by atoms with Crippen LogP contribution in [0.25, 0.3) is 12.2 Å². The molecule has 184 valence electrons. The highest BCUT2D eigenvalue weighted by Crippen LogP contribution is 2.25. The van der Waals surface area contributed by atoms with Gasteiger partial charge in [-0.15, -0.1) is 0 Å². The fraction of sp³-hybridized carbons (Fsp3) is 0. The van der Waals surface area contributed by atoms with Crippen molar-refractivity contribution in [2.45, 2.75) is 9.79 Å². The van der Waals surface area contributed by atoms with Crippen molar-refractivity contribution in [2.24, 2.45) is 0 Å². The number of ether oxygens (including phenoxy) is 2. The molecule has 0 spiro atoms. The van der Waals surface area contributed by atoms with Crippen molar-refractivity contribution in [3.8, 4) is 11.5 Å². The van der Waals surface area contributed by atoms with Crippen molar-refractivity contribution in [2.75, 3.05) is 0 Å². The number of carbonyl (C=O) groups excluding carboxylic acids is 2. The molecule has 0 atom stereocenters. The van der Waals surface area contributed by atoms with Gasteiger partial charge in [-0.25, -0.2) is 18.0 Å². The molecule has 0 N–H and O–H groups in total. The monoisotopic (exact) mass is 510 g/mol. The van der Waals surface area contributed by atoms with Crippen molar-refractivity contribution in [1.82, 2.24) is 0 Å². The van der Waals surface area contributed by atoms with Crippen molar-refractivity contribution >= 4 is 33.9 Å². The molecule has 6 nitrogen and oxygen atoms in total. The SMILES string of the molecule is O=C(/C=C/c1ccccc1)Oc1ccc(S(=O)(=O)c2ccc(OC(=O)/C=C/c3ccccc3)cc2)cc1. The second-order valence-electron chi connectivity index (χ2n) is 7.78. The van der Waals surface area contributed by atoms with Crippen LogP contribution in [0.1, 0.15) is 11.1 Å².